The highest BCUT2D eigenvalue weighted by molar-refractivity contribution is 5.90. The Bertz CT molecular complexity index is 2540. The molecule has 1 aliphatic heterocycles. The molecule has 1 aliphatic rings. The Morgan fingerprint density at radius 3 is 1.53 bits per heavy atom. The molecule has 3 aromatic rings. The van der Waals surface area contributed by atoms with Crippen molar-refractivity contribution in [2.45, 2.75) is 199 Å². The first kappa shape index (κ1) is 67.5. The van der Waals surface area contributed by atoms with Crippen LogP contribution in [0.4, 0.5) is 0 Å². The van der Waals surface area contributed by atoms with E-state index in [0.717, 1.165) is 106 Å². The highest BCUT2D eigenvalue weighted by Crippen LogP contribution is 2.55. The molecule has 1 heterocycles. The van der Waals surface area contributed by atoms with Crippen molar-refractivity contribution in [3.8, 4) is 34.8 Å². The van der Waals surface area contributed by atoms with Gasteiger partial charge in [-0.15, -0.1) is 0 Å². The normalized spacial score (nSPS) is 14.4. The molecular weight excluding hydrogens is 1020 g/mol. The average molecular weight is 1120 g/mol. The summed E-state index contributed by atoms with van der Waals surface area (Å²) in [5.74, 6) is 2.78. The van der Waals surface area contributed by atoms with Crippen LogP contribution >= 0.6 is 0 Å². The van der Waals surface area contributed by atoms with Gasteiger partial charge in [0.15, 0.2) is 23.0 Å². The molecule has 0 amide bonds. The Kier molecular flexibility index (Phi) is 26.7. The predicted molar refractivity (Wildman–Crippen MR) is 325 cm³/mol. The van der Waals surface area contributed by atoms with Gasteiger partial charge in [-0.3, -0.25) is 9.59 Å². The largest absolute Gasteiger partial charge is 0.494 e. The van der Waals surface area contributed by atoms with Gasteiger partial charge >= 0.3 is 17.9 Å². The van der Waals surface area contributed by atoms with Gasteiger partial charge in [-0.1, -0.05) is 132 Å². The molecule has 0 bridgehead atoms. The number of hydrogen-bond acceptors (Lipinski definition) is 12. The van der Waals surface area contributed by atoms with E-state index in [-0.39, 0.29) is 29.6 Å². The van der Waals surface area contributed by atoms with Crippen LogP contribution in [0.25, 0.3) is 17.7 Å². The van der Waals surface area contributed by atoms with Gasteiger partial charge in [-0.2, -0.15) is 5.26 Å². The van der Waals surface area contributed by atoms with E-state index in [1.807, 2.05) is 73.7 Å². The van der Waals surface area contributed by atoms with Gasteiger partial charge in [0.05, 0.1) is 62.6 Å². The monoisotopic (exact) mass is 1120 g/mol. The van der Waals surface area contributed by atoms with Gasteiger partial charge in [-0.25, -0.2) is 4.79 Å². The molecular formula is C69H101NO11. The zero-order chi connectivity index (χ0) is 59.7. The van der Waals surface area contributed by atoms with Crippen molar-refractivity contribution in [2.24, 2.45) is 32.5 Å². The molecule has 12 nitrogen and oxygen atoms in total. The van der Waals surface area contributed by atoms with Gasteiger partial charge in [0, 0.05) is 6.08 Å². The van der Waals surface area contributed by atoms with E-state index in [1.54, 1.807) is 6.08 Å². The maximum atomic E-state index is 14.3. The third kappa shape index (κ3) is 22.0. The van der Waals surface area contributed by atoms with E-state index in [4.69, 9.17) is 33.2 Å². The van der Waals surface area contributed by atoms with E-state index < -0.39 is 27.6 Å². The fraction of sp³-hybridized carbons (Fsp3) is 0.623. The molecule has 0 saturated carbocycles. The first-order valence-electron chi connectivity index (χ1n) is 30.0. The Morgan fingerprint density at radius 1 is 0.556 bits per heavy atom. The third-order valence-electron chi connectivity index (χ3n) is 16.2. The number of hydrogen-bond donors (Lipinski definition) is 0. The summed E-state index contributed by atoms with van der Waals surface area (Å²) in [6.45, 7) is 30.8. The van der Waals surface area contributed by atoms with Crippen molar-refractivity contribution in [1.82, 2.24) is 0 Å². The van der Waals surface area contributed by atoms with Crippen molar-refractivity contribution in [3.05, 3.63) is 83.4 Å². The molecule has 0 fully saturated rings. The number of ether oxygens (including phenoxy) is 8. The molecule has 81 heavy (non-hydrogen) atoms. The zero-order valence-corrected chi connectivity index (χ0v) is 52.2. The summed E-state index contributed by atoms with van der Waals surface area (Å²) in [5, 5.41) is 9.94. The lowest BCUT2D eigenvalue weighted by Gasteiger charge is -2.49. The summed E-state index contributed by atoms with van der Waals surface area (Å²) < 4.78 is 45.9. The lowest BCUT2D eigenvalue weighted by Crippen LogP contribution is -2.49. The summed E-state index contributed by atoms with van der Waals surface area (Å²) in [7, 11) is 1.35. The molecule has 0 N–H and O–H groups in total. The number of methoxy groups -OCH3 is 1. The number of allylic oxidation sites excluding steroid dienone is 1. The van der Waals surface area contributed by atoms with Gasteiger partial charge < -0.3 is 37.9 Å². The van der Waals surface area contributed by atoms with Gasteiger partial charge in [0.25, 0.3) is 0 Å². The van der Waals surface area contributed by atoms with E-state index >= 15 is 0 Å². The summed E-state index contributed by atoms with van der Waals surface area (Å²) in [5.41, 5.74) is 0.462. The molecule has 2 unspecified atom stereocenters. The zero-order valence-electron chi connectivity index (χ0n) is 52.2. The number of nitrogens with zero attached hydrogens (tertiary/aromatic N) is 1. The van der Waals surface area contributed by atoms with Crippen LogP contribution in [0.1, 0.15) is 216 Å². The minimum Gasteiger partial charge on any atom is -0.494 e. The van der Waals surface area contributed by atoms with Gasteiger partial charge in [0.2, 0.25) is 6.79 Å². The lowest BCUT2D eigenvalue weighted by atomic mass is 9.54. The molecule has 12 heteroatoms. The van der Waals surface area contributed by atoms with Gasteiger partial charge in [-0.05, 0) is 178 Å². The summed E-state index contributed by atoms with van der Waals surface area (Å²) in [6, 6.07) is 21.2. The van der Waals surface area contributed by atoms with E-state index in [1.165, 1.54) is 26.0 Å². The first-order chi connectivity index (χ1) is 38.3. The van der Waals surface area contributed by atoms with Crippen LogP contribution in [0.5, 0.6) is 28.7 Å². The Hall–Kier alpha value is -5.96. The van der Waals surface area contributed by atoms with Crippen molar-refractivity contribution >= 4 is 35.6 Å². The summed E-state index contributed by atoms with van der Waals surface area (Å²) in [4.78, 5) is 40.0. The Morgan fingerprint density at radius 2 is 1.04 bits per heavy atom. The topological polar surface area (TPSA) is 149 Å². The number of rotatable bonds is 36. The van der Waals surface area contributed by atoms with E-state index in [0.29, 0.717) is 74.4 Å². The van der Waals surface area contributed by atoms with Crippen LogP contribution in [-0.4, -0.2) is 64.8 Å². The van der Waals surface area contributed by atoms with Crippen molar-refractivity contribution in [3.63, 3.8) is 0 Å². The number of carbonyl (C=O) groups is 3. The number of fused-ring (bicyclic) bond motifs is 1. The van der Waals surface area contributed by atoms with Crippen LogP contribution in [0.2, 0.25) is 0 Å². The minimum absolute atomic E-state index is 0.107. The second-order valence-electron chi connectivity index (χ2n) is 26.3. The molecule has 0 saturated heterocycles. The summed E-state index contributed by atoms with van der Waals surface area (Å²) >= 11 is 0. The molecule has 0 radical (unpaired) electrons. The number of esters is 3. The summed E-state index contributed by atoms with van der Waals surface area (Å²) in [6.07, 6.45) is 21.0. The van der Waals surface area contributed by atoms with Crippen molar-refractivity contribution in [2.75, 3.05) is 46.9 Å². The van der Waals surface area contributed by atoms with Crippen LogP contribution in [0.3, 0.4) is 0 Å². The molecule has 0 spiro atoms. The van der Waals surface area contributed by atoms with E-state index in [9.17, 15) is 19.6 Å². The standard InChI is InChI=1S/C69H101NO11/c1-15-75-59-46-53(45-55(48-70)54-33-37-58-60(47-54)81-51-80-58)31-36-57(59)77-42-26-21-19-17-16-18-20-22-27-43-78-62(72)68(12,49-64(2,3)4)66(8,9)39-40-67(10,11)69(13,50-65(5,6)7)63(73)79-44-28-24-23-25-41-76-56-34-29-52(30-35-56)32-38-61(71)74-14/h29-38,45-47H,15-28,39-44,49-51H2,1-14H3. The SMILES string of the molecule is CCOc1cc(C=C(C#N)c2ccc3c(c2)OCO3)ccc1OCCCCCCCCCCCOC(=O)C(C)(CC(C)(C)C)C(C)(C)CCC(C)(C)C(C)(CC(C)(C)C)C(=O)OCCCCCCOc1ccc(C=CC(=O)OC)cc1. The van der Waals surface area contributed by atoms with E-state index in [2.05, 4.69) is 93.9 Å². The maximum absolute atomic E-state index is 14.3. The smallest absolute Gasteiger partial charge is 0.330 e. The Labute approximate surface area is 488 Å². The number of benzene rings is 3. The number of unbranched alkanes of at least 4 members (excludes halogenated alkanes) is 11. The maximum Gasteiger partial charge on any atom is 0.330 e. The Balaban J connectivity index is 1.16. The second kappa shape index (κ2) is 32.0. The van der Waals surface area contributed by atoms with Gasteiger partial charge in [0.1, 0.15) is 5.75 Å². The highest BCUT2D eigenvalue weighted by Gasteiger charge is 2.54. The van der Waals surface area contributed by atoms with Crippen LogP contribution in [-0.2, 0) is 28.6 Å². The first-order valence-corrected chi connectivity index (χ1v) is 30.0. The highest BCUT2D eigenvalue weighted by atomic mass is 16.7. The van der Waals surface area contributed by atoms with Crippen LogP contribution in [0.15, 0.2) is 66.7 Å². The molecule has 0 aromatic heterocycles. The quantitative estimate of drug-likeness (QED) is 0.0136. The number of nitriles is 1. The molecule has 2 atom stereocenters. The second-order valence-corrected chi connectivity index (χ2v) is 26.3. The van der Waals surface area contributed by atoms with Crippen LogP contribution < -0.4 is 23.7 Å². The minimum atomic E-state index is -0.748. The predicted octanol–water partition coefficient (Wildman–Crippen LogP) is 17.4. The molecule has 0 aliphatic carbocycles. The fourth-order valence-corrected chi connectivity index (χ4v) is 10.8. The number of carbonyl (C=O) groups excluding carboxylic acids is 3. The van der Waals surface area contributed by atoms with Crippen molar-refractivity contribution < 1.29 is 52.3 Å². The molecule has 448 valence electrons. The molecule has 3 aromatic carbocycles. The van der Waals surface area contributed by atoms with Crippen LogP contribution in [0, 0.1) is 43.8 Å². The van der Waals surface area contributed by atoms with Crippen molar-refractivity contribution in [1.29, 1.82) is 5.26 Å². The lowest BCUT2D eigenvalue weighted by molar-refractivity contribution is -0.171. The third-order valence-corrected chi connectivity index (χ3v) is 16.2. The average Bonchev–Trinajstić information content (AvgIpc) is 4.06. The fourth-order valence-electron chi connectivity index (χ4n) is 10.8. The molecule has 4 rings (SSSR count).